The van der Waals surface area contributed by atoms with Crippen LogP contribution >= 0.6 is 11.6 Å². The smallest absolute Gasteiger partial charge is 0.261 e. The van der Waals surface area contributed by atoms with Crippen molar-refractivity contribution in [2.24, 2.45) is 0 Å². The van der Waals surface area contributed by atoms with Gasteiger partial charge < -0.3 is 15.4 Å². The second-order valence-corrected chi connectivity index (χ2v) is 5.80. The molecule has 2 N–H and O–H groups in total. The molecule has 23 heavy (non-hydrogen) atoms. The Labute approximate surface area is 138 Å². The topological polar surface area (TPSA) is 67.4 Å². The second-order valence-electron chi connectivity index (χ2n) is 5.37. The zero-order chi connectivity index (χ0) is 16.9. The number of hydrogen-bond acceptors (Lipinski definition) is 3. The Morgan fingerprint density at radius 2 is 1.96 bits per heavy atom. The van der Waals surface area contributed by atoms with Crippen molar-refractivity contribution in [2.45, 2.75) is 24.9 Å². The molecule has 1 aromatic carbocycles. The molecule has 0 atom stereocenters. The van der Waals surface area contributed by atoms with E-state index in [1.54, 1.807) is 24.3 Å². The first kappa shape index (κ1) is 17.3. The second kappa shape index (κ2) is 7.46. The number of rotatable bonds is 8. The minimum absolute atomic E-state index is 0.131. The van der Waals surface area contributed by atoms with Gasteiger partial charge in [0, 0.05) is 23.7 Å². The van der Waals surface area contributed by atoms with Gasteiger partial charge in [0.25, 0.3) is 11.8 Å². The first-order valence-corrected chi connectivity index (χ1v) is 7.60. The Kier molecular flexibility index (Phi) is 5.60. The van der Waals surface area contributed by atoms with Crippen LogP contribution in [-0.2, 0) is 9.59 Å². The van der Waals surface area contributed by atoms with Gasteiger partial charge in [-0.05, 0) is 37.1 Å². The van der Waals surface area contributed by atoms with Gasteiger partial charge in [0.05, 0.1) is 0 Å². The summed E-state index contributed by atoms with van der Waals surface area (Å²) < 4.78 is 18.7. The van der Waals surface area contributed by atoms with E-state index in [-0.39, 0.29) is 31.9 Å². The Balaban J connectivity index is 1.60. The summed E-state index contributed by atoms with van der Waals surface area (Å²) in [6.07, 6.45) is 0.838. The third-order valence-electron chi connectivity index (χ3n) is 3.32. The Bertz CT molecular complexity index is 600. The first-order chi connectivity index (χ1) is 10.9. The summed E-state index contributed by atoms with van der Waals surface area (Å²) in [6, 6.07) is 6.66. The van der Waals surface area contributed by atoms with Crippen molar-refractivity contribution in [3.05, 3.63) is 41.6 Å². The van der Waals surface area contributed by atoms with Crippen LogP contribution in [-0.4, -0.2) is 30.6 Å². The van der Waals surface area contributed by atoms with E-state index < -0.39 is 11.6 Å². The zero-order valence-electron chi connectivity index (χ0n) is 12.5. The highest BCUT2D eigenvalue weighted by Crippen LogP contribution is 2.39. The molecular formula is C16H18ClFN2O3. The lowest BCUT2D eigenvalue weighted by Gasteiger charge is -2.11. The number of carbonyl (C=O) groups excluding carboxylic acids is 2. The van der Waals surface area contributed by atoms with E-state index in [1.807, 2.05) is 0 Å². The van der Waals surface area contributed by atoms with Gasteiger partial charge in [0.15, 0.2) is 12.3 Å². The molecule has 2 rings (SSSR count). The van der Waals surface area contributed by atoms with E-state index in [0.717, 1.165) is 0 Å². The molecule has 1 aliphatic carbocycles. The molecule has 1 aliphatic rings. The fourth-order valence-corrected chi connectivity index (χ4v) is 1.88. The molecule has 2 amide bonds. The third kappa shape index (κ3) is 5.56. The van der Waals surface area contributed by atoms with E-state index in [9.17, 15) is 14.0 Å². The Hall–Kier alpha value is -2.08. The lowest BCUT2D eigenvalue weighted by Crippen LogP contribution is -2.35. The lowest BCUT2D eigenvalue weighted by molar-refractivity contribution is -0.126. The van der Waals surface area contributed by atoms with Crippen molar-refractivity contribution in [3.63, 3.8) is 0 Å². The fourth-order valence-electron chi connectivity index (χ4n) is 1.76. The van der Waals surface area contributed by atoms with Gasteiger partial charge in [-0.1, -0.05) is 18.2 Å². The van der Waals surface area contributed by atoms with Gasteiger partial charge in [-0.3, -0.25) is 9.59 Å². The van der Waals surface area contributed by atoms with Crippen LogP contribution in [0.5, 0.6) is 5.75 Å². The molecule has 1 fully saturated rings. The monoisotopic (exact) mass is 340 g/mol. The number of carbonyl (C=O) groups is 2. The van der Waals surface area contributed by atoms with Crippen molar-refractivity contribution in [1.82, 2.24) is 10.6 Å². The summed E-state index contributed by atoms with van der Waals surface area (Å²) in [5, 5.41) is 5.63. The summed E-state index contributed by atoms with van der Waals surface area (Å²) in [5.74, 6) is -0.415. The standard InChI is InChI=1S/C16H18ClFN2O3/c1-11(20-15(22)16(18)7-8-16)6-9-19-14(21)10-23-13-4-2-12(17)3-5-13/h2-5H,1,6-10H2,(H,19,21)(H,20,22). The van der Waals surface area contributed by atoms with Crippen molar-refractivity contribution in [3.8, 4) is 5.75 Å². The molecule has 1 saturated carbocycles. The highest BCUT2D eigenvalue weighted by Gasteiger charge is 2.50. The number of hydrogen-bond donors (Lipinski definition) is 2. The van der Waals surface area contributed by atoms with E-state index in [1.165, 1.54) is 0 Å². The van der Waals surface area contributed by atoms with Crippen LogP contribution in [0.2, 0.25) is 5.02 Å². The maximum atomic E-state index is 13.4. The molecule has 0 aromatic heterocycles. The van der Waals surface area contributed by atoms with E-state index in [0.29, 0.717) is 22.9 Å². The molecule has 7 heteroatoms. The van der Waals surface area contributed by atoms with Gasteiger partial charge in [-0.2, -0.15) is 0 Å². The predicted molar refractivity (Wildman–Crippen MR) is 84.9 cm³/mol. The quantitative estimate of drug-likeness (QED) is 0.763. The Morgan fingerprint density at radius 1 is 1.30 bits per heavy atom. The number of alkyl halides is 1. The van der Waals surface area contributed by atoms with E-state index in [4.69, 9.17) is 16.3 Å². The molecule has 1 aromatic rings. The number of halogens is 2. The van der Waals surface area contributed by atoms with Gasteiger partial charge in [0.2, 0.25) is 0 Å². The van der Waals surface area contributed by atoms with Crippen molar-refractivity contribution in [1.29, 1.82) is 0 Å². The SMILES string of the molecule is C=C(CCNC(=O)COc1ccc(Cl)cc1)NC(=O)C1(F)CC1. The predicted octanol–water partition coefficient (Wildman–Crippen LogP) is 2.36. The highest BCUT2D eigenvalue weighted by molar-refractivity contribution is 6.30. The molecule has 0 saturated heterocycles. The third-order valence-corrected chi connectivity index (χ3v) is 3.57. The lowest BCUT2D eigenvalue weighted by atomic mass is 10.3. The van der Waals surface area contributed by atoms with Crippen LogP contribution in [0.15, 0.2) is 36.5 Å². The minimum atomic E-state index is -1.72. The fraction of sp³-hybridized carbons (Fsp3) is 0.375. The number of ether oxygens (including phenoxy) is 1. The molecule has 0 radical (unpaired) electrons. The first-order valence-electron chi connectivity index (χ1n) is 7.22. The molecular weight excluding hydrogens is 323 g/mol. The Morgan fingerprint density at radius 3 is 2.57 bits per heavy atom. The molecule has 0 bridgehead atoms. The molecule has 0 spiro atoms. The van der Waals surface area contributed by atoms with Crippen molar-refractivity contribution >= 4 is 23.4 Å². The van der Waals surface area contributed by atoms with Crippen LogP contribution in [0.4, 0.5) is 4.39 Å². The maximum Gasteiger partial charge on any atom is 0.261 e. The molecule has 5 nitrogen and oxygen atoms in total. The molecule has 0 aliphatic heterocycles. The molecule has 0 heterocycles. The van der Waals surface area contributed by atoms with Crippen LogP contribution in [0.1, 0.15) is 19.3 Å². The van der Waals surface area contributed by atoms with Crippen LogP contribution in [0.25, 0.3) is 0 Å². The van der Waals surface area contributed by atoms with Gasteiger partial charge >= 0.3 is 0 Å². The number of nitrogens with one attached hydrogen (secondary N) is 2. The van der Waals surface area contributed by atoms with Gasteiger partial charge in [-0.15, -0.1) is 0 Å². The van der Waals surface area contributed by atoms with Gasteiger partial charge in [-0.25, -0.2) is 4.39 Å². The van der Waals surface area contributed by atoms with E-state index in [2.05, 4.69) is 17.2 Å². The average Bonchev–Trinajstić information content (AvgIpc) is 3.26. The summed E-state index contributed by atoms with van der Waals surface area (Å²) >= 11 is 5.74. The maximum absolute atomic E-state index is 13.4. The van der Waals surface area contributed by atoms with Crippen LogP contribution in [0, 0.1) is 0 Å². The highest BCUT2D eigenvalue weighted by atomic mass is 35.5. The summed E-state index contributed by atoms with van der Waals surface area (Å²) in [6.45, 7) is 3.79. The number of benzene rings is 1. The summed E-state index contributed by atoms with van der Waals surface area (Å²) in [4.78, 5) is 23.1. The number of amides is 2. The average molecular weight is 341 g/mol. The van der Waals surface area contributed by atoms with Crippen molar-refractivity contribution in [2.75, 3.05) is 13.2 Å². The zero-order valence-corrected chi connectivity index (χ0v) is 13.3. The normalized spacial score (nSPS) is 14.7. The molecule has 0 unspecified atom stereocenters. The molecule has 124 valence electrons. The summed E-state index contributed by atoms with van der Waals surface area (Å²) in [7, 11) is 0. The van der Waals surface area contributed by atoms with Crippen molar-refractivity contribution < 1.29 is 18.7 Å². The van der Waals surface area contributed by atoms with Crippen LogP contribution in [0.3, 0.4) is 0 Å². The van der Waals surface area contributed by atoms with E-state index >= 15 is 0 Å². The minimum Gasteiger partial charge on any atom is -0.484 e. The van der Waals surface area contributed by atoms with Crippen LogP contribution < -0.4 is 15.4 Å². The van der Waals surface area contributed by atoms with Gasteiger partial charge in [0.1, 0.15) is 5.75 Å². The largest absolute Gasteiger partial charge is 0.484 e. The summed E-state index contributed by atoms with van der Waals surface area (Å²) in [5.41, 5.74) is -1.35.